The van der Waals surface area contributed by atoms with E-state index in [1.165, 1.54) is 44.9 Å². The summed E-state index contributed by atoms with van der Waals surface area (Å²) in [4.78, 5) is 0. The van der Waals surface area contributed by atoms with Crippen molar-refractivity contribution in [1.82, 2.24) is 0 Å². The molecule has 1 aromatic carbocycles. The fraction of sp³-hybridized carbons (Fsp3) is 0.739. The van der Waals surface area contributed by atoms with Crippen molar-refractivity contribution in [2.24, 2.45) is 22.7 Å². The Kier molecular flexibility index (Phi) is 4.07. The summed E-state index contributed by atoms with van der Waals surface area (Å²) in [6.07, 6.45) is 9.76. The maximum absolute atomic E-state index is 11.4. The number of hydrogen-bond donors (Lipinski definition) is 1. The van der Waals surface area contributed by atoms with Gasteiger partial charge in [-0.1, -0.05) is 51.5 Å². The fourth-order valence-corrected chi connectivity index (χ4v) is 7.09. The second-order valence-corrected chi connectivity index (χ2v) is 9.23. The summed E-state index contributed by atoms with van der Waals surface area (Å²) >= 11 is 0. The van der Waals surface area contributed by atoms with E-state index in [0.717, 1.165) is 18.3 Å². The van der Waals surface area contributed by atoms with Gasteiger partial charge >= 0.3 is 0 Å². The van der Waals surface area contributed by atoms with E-state index in [1.54, 1.807) is 11.1 Å². The average Bonchev–Trinajstić information content (AvgIpc) is 2.84. The number of aryl methyl sites for hydroxylation is 1. The van der Waals surface area contributed by atoms with E-state index in [-0.39, 0.29) is 16.9 Å². The third-order valence-electron chi connectivity index (χ3n) is 8.36. The Morgan fingerprint density at radius 1 is 1.17 bits per heavy atom. The first-order valence-corrected chi connectivity index (χ1v) is 10.3. The fourth-order valence-electron chi connectivity index (χ4n) is 7.09. The first kappa shape index (κ1) is 16.6. The maximum Gasteiger partial charge on any atom is 0.0652 e. The summed E-state index contributed by atoms with van der Waals surface area (Å²) < 4.78 is 0. The van der Waals surface area contributed by atoms with Gasteiger partial charge in [0.2, 0.25) is 0 Å². The predicted octanol–water partition coefficient (Wildman–Crippen LogP) is 5.71. The molecule has 0 saturated heterocycles. The van der Waals surface area contributed by atoms with Crippen LogP contribution in [0.15, 0.2) is 24.3 Å². The molecule has 1 nitrogen and oxygen atoms in total. The molecule has 2 saturated carbocycles. The Labute approximate surface area is 147 Å². The monoisotopic (exact) mass is 326 g/mol. The smallest absolute Gasteiger partial charge is 0.0652 e. The molecule has 4 rings (SSSR count). The molecule has 0 aliphatic heterocycles. The number of aliphatic hydroxyl groups is 1. The van der Waals surface area contributed by atoms with Crippen molar-refractivity contribution in [3.8, 4) is 0 Å². The van der Waals surface area contributed by atoms with E-state index >= 15 is 0 Å². The minimum Gasteiger partial charge on any atom is -0.392 e. The molecule has 0 bridgehead atoms. The highest BCUT2D eigenvalue weighted by molar-refractivity contribution is 5.35. The van der Waals surface area contributed by atoms with Gasteiger partial charge in [-0.05, 0) is 84.7 Å². The SMILES string of the molecule is CCC[C@@]1(CC)C[C@@H]2[C@H]3CCc4ccccc4[C@@H]3CC[C@@]2(C)[C@H]1O. The number of benzene rings is 1. The summed E-state index contributed by atoms with van der Waals surface area (Å²) in [6, 6.07) is 9.16. The molecular weight excluding hydrogens is 292 g/mol. The quantitative estimate of drug-likeness (QED) is 0.754. The van der Waals surface area contributed by atoms with Gasteiger partial charge in [-0.25, -0.2) is 0 Å². The van der Waals surface area contributed by atoms with Crippen LogP contribution in [-0.4, -0.2) is 11.2 Å². The van der Waals surface area contributed by atoms with Gasteiger partial charge < -0.3 is 5.11 Å². The van der Waals surface area contributed by atoms with Crippen LogP contribution < -0.4 is 0 Å². The zero-order chi connectivity index (χ0) is 16.9. The second kappa shape index (κ2) is 5.87. The van der Waals surface area contributed by atoms with E-state index < -0.39 is 0 Å². The van der Waals surface area contributed by atoms with Crippen molar-refractivity contribution >= 4 is 0 Å². The van der Waals surface area contributed by atoms with Crippen molar-refractivity contribution in [3.63, 3.8) is 0 Å². The Morgan fingerprint density at radius 3 is 2.71 bits per heavy atom. The molecule has 0 unspecified atom stereocenters. The second-order valence-electron chi connectivity index (χ2n) is 9.23. The van der Waals surface area contributed by atoms with Gasteiger partial charge in [0, 0.05) is 0 Å². The van der Waals surface area contributed by atoms with Gasteiger partial charge in [0.1, 0.15) is 0 Å². The molecule has 6 atom stereocenters. The van der Waals surface area contributed by atoms with Crippen LogP contribution in [0, 0.1) is 22.7 Å². The van der Waals surface area contributed by atoms with E-state index in [0.29, 0.717) is 5.92 Å². The Balaban J connectivity index is 1.70. The molecule has 0 spiro atoms. The summed E-state index contributed by atoms with van der Waals surface area (Å²) in [7, 11) is 0. The van der Waals surface area contributed by atoms with Crippen LogP contribution in [0.2, 0.25) is 0 Å². The summed E-state index contributed by atoms with van der Waals surface area (Å²) in [6.45, 7) is 7.02. The van der Waals surface area contributed by atoms with Crippen molar-refractivity contribution in [2.75, 3.05) is 0 Å². The first-order chi connectivity index (χ1) is 11.6. The molecule has 3 aliphatic rings. The van der Waals surface area contributed by atoms with Crippen LogP contribution in [0.1, 0.15) is 82.8 Å². The molecule has 1 heteroatoms. The Hall–Kier alpha value is -0.820. The molecule has 2 fully saturated rings. The zero-order valence-electron chi connectivity index (χ0n) is 15.7. The summed E-state index contributed by atoms with van der Waals surface area (Å²) in [5.74, 6) is 2.25. The molecule has 0 aromatic heterocycles. The summed E-state index contributed by atoms with van der Waals surface area (Å²) in [5.41, 5.74) is 3.56. The van der Waals surface area contributed by atoms with Crippen LogP contribution >= 0.6 is 0 Å². The molecular formula is C23H34O. The van der Waals surface area contributed by atoms with Gasteiger partial charge in [0.15, 0.2) is 0 Å². The molecule has 24 heavy (non-hydrogen) atoms. The van der Waals surface area contributed by atoms with Crippen LogP contribution in [-0.2, 0) is 6.42 Å². The number of hydrogen-bond acceptors (Lipinski definition) is 1. The molecule has 132 valence electrons. The van der Waals surface area contributed by atoms with E-state index in [4.69, 9.17) is 0 Å². The van der Waals surface area contributed by atoms with E-state index in [1.807, 2.05) is 0 Å². The lowest BCUT2D eigenvalue weighted by Crippen LogP contribution is -2.45. The Bertz CT molecular complexity index is 608. The average molecular weight is 327 g/mol. The third-order valence-corrected chi connectivity index (χ3v) is 8.36. The zero-order valence-corrected chi connectivity index (χ0v) is 15.7. The van der Waals surface area contributed by atoms with Crippen LogP contribution in [0.25, 0.3) is 0 Å². The van der Waals surface area contributed by atoms with Crippen LogP contribution in [0.4, 0.5) is 0 Å². The number of fused-ring (bicyclic) bond motifs is 5. The van der Waals surface area contributed by atoms with Gasteiger partial charge in [0.25, 0.3) is 0 Å². The largest absolute Gasteiger partial charge is 0.392 e. The summed E-state index contributed by atoms with van der Waals surface area (Å²) in [5, 5.41) is 11.4. The lowest BCUT2D eigenvalue weighted by molar-refractivity contribution is -0.0578. The van der Waals surface area contributed by atoms with Gasteiger partial charge in [-0.15, -0.1) is 0 Å². The molecule has 0 amide bonds. The van der Waals surface area contributed by atoms with E-state index in [2.05, 4.69) is 45.0 Å². The highest BCUT2D eigenvalue weighted by Crippen LogP contribution is 2.66. The predicted molar refractivity (Wildman–Crippen MR) is 100 cm³/mol. The molecule has 0 heterocycles. The molecule has 0 radical (unpaired) electrons. The van der Waals surface area contributed by atoms with Gasteiger partial charge in [-0.2, -0.15) is 0 Å². The number of aliphatic hydroxyl groups excluding tert-OH is 1. The highest BCUT2D eigenvalue weighted by atomic mass is 16.3. The molecule has 3 aliphatic carbocycles. The topological polar surface area (TPSA) is 20.2 Å². The first-order valence-electron chi connectivity index (χ1n) is 10.3. The van der Waals surface area contributed by atoms with Crippen molar-refractivity contribution < 1.29 is 5.11 Å². The maximum atomic E-state index is 11.4. The van der Waals surface area contributed by atoms with Crippen molar-refractivity contribution in [1.29, 1.82) is 0 Å². The van der Waals surface area contributed by atoms with Crippen LogP contribution in [0.3, 0.4) is 0 Å². The van der Waals surface area contributed by atoms with Crippen molar-refractivity contribution in [2.45, 2.75) is 84.2 Å². The van der Waals surface area contributed by atoms with Gasteiger partial charge in [0.05, 0.1) is 6.10 Å². The third kappa shape index (κ3) is 2.16. The normalized spacial score (nSPS) is 43.8. The standard InChI is InChI=1S/C23H34O/c1-4-13-23(5-2)15-20-19-11-10-16-8-6-7-9-17(16)18(19)12-14-22(20,3)21(23)24/h6-9,18-21,24H,4-5,10-15H2,1-3H3/t18-,19-,20+,21+,22+,23-/m0/s1. The Morgan fingerprint density at radius 2 is 1.96 bits per heavy atom. The highest BCUT2D eigenvalue weighted by Gasteiger charge is 2.62. The van der Waals surface area contributed by atoms with Gasteiger partial charge in [-0.3, -0.25) is 0 Å². The van der Waals surface area contributed by atoms with E-state index in [9.17, 15) is 5.11 Å². The molecule has 1 aromatic rings. The van der Waals surface area contributed by atoms with Crippen molar-refractivity contribution in [3.05, 3.63) is 35.4 Å². The lowest BCUT2D eigenvalue weighted by atomic mass is 9.55. The van der Waals surface area contributed by atoms with Crippen LogP contribution in [0.5, 0.6) is 0 Å². The number of rotatable bonds is 3. The lowest BCUT2D eigenvalue weighted by Gasteiger charge is -2.50. The minimum atomic E-state index is -0.0990. The molecule has 1 N–H and O–H groups in total. The minimum absolute atomic E-state index is 0.0990.